The minimum Gasteiger partial charge on any atom is -0.459 e. The summed E-state index contributed by atoms with van der Waals surface area (Å²) in [5.74, 6) is 0.603. The number of carbonyl (C=O) groups is 2. The molecule has 1 aromatic carbocycles. The first-order valence-electron chi connectivity index (χ1n) is 15.6. The molecule has 5 aliphatic rings. The highest BCUT2D eigenvalue weighted by Gasteiger charge is 2.84. The van der Waals surface area contributed by atoms with Gasteiger partial charge in [0.05, 0.1) is 6.26 Å². The van der Waals surface area contributed by atoms with Crippen molar-refractivity contribution in [2.24, 2.45) is 28.6 Å². The Labute approximate surface area is 256 Å². The number of carbonyl (C=O) groups excluding carboxylic acids is 2. The second-order valence-electron chi connectivity index (χ2n) is 13.9. The number of halogens is 1. The Morgan fingerprint density at radius 1 is 0.977 bits per heavy atom. The Balaban J connectivity index is 1.08. The zero-order valence-corrected chi connectivity index (χ0v) is 25.7. The van der Waals surface area contributed by atoms with E-state index in [1.807, 2.05) is 18.2 Å². The normalized spacial score (nSPS) is 41.0. The average Bonchev–Trinajstić information content (AvgIpc) is 3.68. The SMILES string of the molecule is CC(=O)O[C@H]1C2O[C@]23[C@@H]2CC[C@@H]4C[C@@H](OC(=O)/C=C/c5ccc(Cl)cc5)CC[C@]4(C)[C@H]2CC[C@]3(C)[C@H]1c1ccc(=O)oc1. The number of benzene rings is 1. The molecule has 1 saturated heterocycles. The minimum atomic E-state index is -0.407. The van der Waals surface area contributed by atoms with Crippen LogP contribution in [0, 0.1) is 28.6 Å². The lowest BCUT2D eigenvalue weighted by Gasteiger charge is -2.61. The molecule has 5 fully saturated rings. The topological polar surface area (TPSA) is 95.3 Å². The third-order valence-electron chi connectivity index (χ3n) is 12.0. The van der Waals surface area contributed by atoms with E-state index in [1.54, 1.807) is 24.5 Å². The highest BCUT2D eigenvalue weighted by atomic mass is 35.5. The van der Waals surface area contributed by atoms with Gasteiger partial charge < -0.3 is 18.6 Å². The molecule has 228 valence electrons. The number of hydrogen-bond donors (Lipinski definition) is 0. The van der Waals surface area contributed by atoms with Gasteiger partial charge in [0, 0.05) is 35.4 Å². The maximum Gasteiger partial charge on any atom is 0.335 e. The summed E-state index contributed by atoms with van der Waals surface area (Å²) < 4.78 is 23.9. The van der Waals surface area contributed by atoms with Crippen molar-refractivity contribution in [3.05, 3.63) is 75.3 Å². The molecule has 7 rings (SSSR count). The molecule has 1 aromatic heterocycles. The van der Waals surface area contributed by atoms with Gasteiger partial charge in [-0.15, -0.1) is 0 Å². The lowest BCUT2D eigenvalue weighted by atomic mass is 9.44. The Morgan fingerprint density at radius 2 is 1.77 bits per heavy atom. The maximum atomic E-state index is 12.7. The van der Waals surface area contributed by atoms with E-state index < -0.39 is 6.10 Å². The Bertz CT molecular complexity index is 1490. The number of fused-ring (bicyclic) bond motifs is 3. The van der Waals surface area contributed by atoms with Crippen molar-refractivity contribution in [2.75, 3.05) is 0 Å². The zero-order valence-electron chi connectivity index (χ0n) is 24.9. The molecule has 7 nitrogen and oxygen atoms in total. The molecule has 8 heteroatoms. The second kappa shape index (κ2) is 10.3. The molecular weight excluding hydrogens is 568 g/mol. The number of rotatable bonds is 5. The summed E-state index contributed by atoms with van der Waals surface area (Å²) >= 11 is 5.96. The number of esters is 2. The van der Waals surface area contributed by atoms with Gasteiger partial charge in [0.15, 0.2) is 0 Å². The van der Waals surface area contributed by atoms with Crippen molar-refractivity contribution in [1.29, 1.82) is 0 Å². The first kappa shape index (κ1) is 28.8. The van der Waals surface area contributed by atoms with Crippen molar-refractivity contribution in [2.45, 2.75) is 95.5 Å². The fourth-order valence-electron chi connectivity index (χ4n) is 10.1. The van der Waals surface area contributed by atoms with Crippen molar-refractivity contribution >= 4 is 29.6 Å². The van der Waals surface area contributed by atoms with Crippen molar-refractivity contribution < 1.29 is 28.2 Å². The van der Waals surface area contributed by atoms with E-state index in [2.05, 4.69) is 13.8 Å². The van der Waals surface area contributed by atoms with Gasteiger partial charge >= 0.3 is 17.6 Å². The number of ether oxygens (including phenoxy) is 3. The molecule has 0 radical (unpaired) electrons. The van der Waals surface area contributed by atoms with Crippen LogP contribution in [0.2, 0.25) is 5.02 Å². The summed E-state index contributed by atoms with van der Waals surface area (Å²) in [5.41, 5.74) is 0.940. The highest BCUT2D eigenvalue weighted by molar-refractivity contribution is 6.30. The highest BCUT2D eigenvalue weighted by Crippen LogP contribution is 2.78. The van der Waals surface area contributed by atoms with Gasteiger partial charge in [0.25, 0.3) is 0 Å². The number of hydrogen-bond acceptors (Lipinski definition) is 7. The van der Waals surface area contributed by atoms with Gasteiger partial charge in [-0.1, -0.05) is 37.6 Å². The molecule has 0 N–H and O–H groups in total. The van der Waals surface area contributed by atoms with E-state index in [0.717, 1.165) is 56.1 Å². The summed E-state index contributed by atoms with van der Waals surface area (Å²) in [6.07, 6.45) is 11.0. The molecule has 10 atom stereocenters. The first-order valence-corrected chi connectivity index (χ1v) is 16.0. The van der Waals surface area contributed by atoms with Crippen LogP contribution in [0.4, 0.5) is 0 Å². The van der Waals surface area contributed by atoms with Gasteiger partial charge in [-0.3, -0.25) is 4.79 Å². The quantitative estimate of drug-likeness (QED) is 0.212. The third kappa shape index (κ3) is 4.52. The van der Waals surface area contributed by atoms with Crippen LogP contribution in [0.3, 0.4) is 0 Å². The van der Waals surface area contributed by atoms with Gasteiger partial charge in [-0.05, 0) is 104 Å². The van der Waals surface area contributed by atoms with Crippen molar-refractivity contribution in [3.8, 4) is 0 Å². The molecule has 2 heterocycles. The Hall–Kier alpha value is -2.90. The fraction of sp³-hybridized carbons (Fsp3) is 0.571. The standard InChI is InChI=1S/C35H39ClO7/c1-20(37)41-31-30(22-7-13-28(38)40-19-22)34(3)17-15-26-27(35(34)32(31)43-35)11-8-23-18-25(14-16-33(23,26)2)42-29(39)12-6-21-4-9-24(36)10-5-21/h4-7,9-10,12-13,19,23,25-27,30-32H,8,11,14-18H2,1-3H3/b12-6+/t23-,25+,26+,27-,30+,31-,32?,33+,34-,35-/m1/s1. The van der Waals surface area contributed by atoms with Crippen LogP contribution >= 0.6 is 11.6 Å². The summed E-state index contributed by atoms with van der Waals surface area (Å²) in [4.78, 5) is 36.7. The fourth-order valence-corrected chi connectivity index (χ4v) is 10.3. The summed E-state index contributed by atoms with van der Waals surface area (Å²) in [6.45, 7) is 6.20. The molecule has 4 saturated carbocycles. The van der Waals surface area contributed by atoms with E-state index in [0.29, 0.717) is 22.8 Å². The molecule has 0 bridgehead atoms. The van der Waals surface area contributed by atoms with Crippen LogP contribution < -0.4 is 5.63 Å². The molecule has 4 aliphatic carbocycles. The van der Waals surface area contributed by atoms with Crippen LogP contribution in [-0.4, -0.2) is 35.9 Å². The molecule has 2 aromatic rings. The van der Waals surface area contributed by atoms with Crippen molar-refractivity contribution in [1.82, 2.24) is 0 Å². The average molecular weight is 607 g/mol. The smallest absolute Gasteiger partial charge is 0.335 e. The minimum absolute atomic E-state index is 0.0779. The number of epoxide rings is 1. The van der Waals surface area contributed by atoms with E-state index in [4.69, 9.17) is 30.2 Å². The van der Waals surface area contributed by atoms with Gasteiger partial charge in [0.1, 0.15) is 23.9 Å². The lowest BCUT2D eigenvalue weighted by Crippen LogP contribution is -2.58. The van der Waals surface area contributed by atoms with Crippen LogP contribution in [-0.2, 0) is 23.8 Å². The predicted molar refractivity (Wildman–Crippen MR) is 160 cm³/mol. The summed E-state index contributed by atoms with van der Waals surface area (Å²) in [7, 11) is 0. The van der Waals surface area contributed by atoms with Crippen LogP contribution in [0.1, 0.15) is 82.8 Å². The van der Waals surface area contributed by atoms with E-state index in [1.165, 1.54) is 19.1 Å². The molecule has 0 amide bonds. The van der Waals surface area contributed by atoms with E-state index in [9.17, 15) is 14.4 Å². The monoisotopic (exact) mass is 606 g/mol. The molecule has 43 heavy (non-hydrogen) atoms. The van der Waals surface area contributed by atoms with E-state index >= 15 is 0 Å². The molecule has 1 unspecified atom stereocenters. The molecule has 1 aliphatic heterocycles. The molecular formula is C35H39ClO7. The largest absolute Gasteiger partial charge is 0.459 e. The molecule has 1 spiro atoms. The predicted octanol–water partition coefficient (Wildman–Crippen LogP) is 6.72. The lowest BCUT2D eigenvalue weighted by molar-refractivity contribution is -0.165. The zero-order chi connectivity index (χ0) is 30.1. The van der Waals surface area contributed by atoms with Gasteiger partial charge in [0.2, 0.25) is 0 Å². The first-order chi connectivity index (χ1) is 20.5. The van der Waals surface area contributed by atoms with Crippen LogP contribution in [0.25, 0.3) is 6.08 Å². The second-order valence-corrected chi connectivity index (χ2v) is 14.4. The maximum absolute atomic E-state index is 12.7. The Kier molecular flexibility index (Phi) is 6.93. The van der Waals surface area contributed by atoms with Gasteiger partial charge in [-0.2, -0.15) is 0 Å². The van der Waals surface area contributed by atoms with Crippen molar-refractivity contribution in [3.63, 3.8) is 0 Å². The Morgan fingerprint density at radius 3 is 2.49 bits per heavy atom. The van der Waals surface area contributed by atoms with E-state index in [-0.39, 0.29) is 52.1 Å². The summed E-state index contributed by atoms with van der Waals surface area (Å²) in [5, 5.41) is 0.661. The van der Waals surface area contributed by atoms with Gasteiger partial charge in [-0.25, -0.2) is 9.59 Å². The summed E-state index contributed by atoms with van der Waals surface area (Å²) in [6, 6.07) is 10.6. The third-order valence-corrected chi connectivity index (χ3v) is 12.3. The van der Waals surface area contributed by atoms with Crippen LogP contribution in [0.5, 0.6) is 0 Å². The van der Waals surface area contributed by atoms with Crippen LogP contribution in [0.15, 0.2) is 57.9 Å².